The zero-order valence-corrected chi connectivity index (χ0v) is 17.3. The van der Waals surface area contributed by atoms with E-state index in [9.17, 15) is 9.59 Å². The monoisotopic (exact) mass is 446 g/mol. The number of carbonyl (C=O) groups excluding carboxylic acids is 1. The van der Waals surface area contributed by atoms with Gasteiger partial charge in [-0.15, -0.1) is 0 Å². The molecule has 2 heterocycles. The van der Waals surface area contributed by atoms with Gasteiger partial charge in [-0.3, -0.25) is 9.59 Å². The fourth-order valence-corrected chi connectivity index (χ4v) is 4.48. The van der Waals surface area contributed by atoms with Gasteiger partial charge in [-0.25, -0.2) is 0 Å². The first kappa shape index (κ1) is 18.1. The number of benzene rings is 2. The van der Waals surface area contributed by atoms with Crippen LogP contribution in [0.4, 0.5) is 0 Å². The van der Waals surface area contributed by atoms with E-state index in [4.69, 9.17) is 0 Å². The summed E-state index contributed by atoms with van der Waals surface area (Å²) in [6.45, 7) is 0. The number of halogens is 1. The average Bonchev–Trinajstić information content (AvgIpc) is 3.16. The van der Waals surface area contributed by atoms with Crippen LogP contribution in [0.2, 0.25) is 0 Å². The first-order chi connectivity index (χ1) is 14.1. The number of allylic oxidation sites excluding steroid dienone is 2. The minimum atomic E-state index is -0.203. The van der Waals surface area contributed by atoms with Gasteiger partial charge in [0.1, 0.15) is 5.52 Å². The molecular weight excluding hydrogens is 428 g/mol. The lowest BCUT2D eigenvalue weighted by atomic mass is 9.91. The molecule has 2 aromatic heterocycles. The van der Waals surface area contributed by atoms with Crippen molar-refractivity contribution >= 4 is 49.1 Å². The molecule has 0 bridgehead atoms. The molecule has 0 amide bonds. The van der Waals surface area contributed by atoms with Crippen LogP contribution in [0.25, 0.3) is 27.4 Å². The zero-order chi connectivity index (χ0) is 20.0. The Morgan fingerprint density at radius 1 is 0.966 bits per heavy atom. The molecule has 0 spiro atoms. The molecule has 0 radical (unpaired) electrons. The van der Waals surface area contributed by atoms with E-state index < -0.39 is 0 Å². The van der Waals surface area contributed by atoms with Crippen LogP contribution in [0.1, 0.15) is 47.3 Å². The van der Waals surface area contributed by atoms with Gasteiger partial charge < -0.3 is 9.97 Å². The molecular formula is C24H19BrN2O2. The molecule has 4 aromatic rings. The fourth-order valence-electron chi connectivity index (χ4n) is 4.21. The second kappa shape index (κ2) is 7.16. The number of para-hydroxylation sites is 1. The molecule has 0 aliphatic heterocycles. The van der Waals surface area contributed by atoms with Crippen LogP contribution >= 0.6 is 15.9 Å². The van der Waals surface area contributed by atoms with Crippen molar-refractivity contribution in [3.63, 3.8) is 0 Å². The lowest BCUT2D eigenvalue weighted by Crippen LogP contribution is -2.07. The van der Waals surface area contributed by atoms with Crippen molar-refractivity contribution in [1.29, 1.82) is 0 Å². The minimum Gasteiger partial charge on any atom is -0.350 e. The Morgan fingerprint density at radius 2 is 1.76 bits per heavy atom. The van der Waals surface area contributed by atoms with Gasteiger partial charge in [0.2, 0.25) is 0 Å². The SMILES string of the molecule is O=C(c1ccc(Br)cc1)c1c(C2=CCCCC2)[nH]c2c(=O)[nH]c3ccccc3c12. The van der Waals surface area contributed by atoms with Gasteiger partial charge in [-0.05, 0) is 61.6 Å². The Bertz CT molecular complexity index is 1340. The number of H-pyrrole nitrogens is 2. The molecule has 4 nitrogen and oxygen atoms in total. The van der Waals surface area contributed by atoms with Crippen molar-refractivity contribution in [1.82, 2.24) is 9.97 Å². The Morgan fingerprint density at radius 3 is 2.52 bits per heavy atom. The molecule has 2 N–H and O–H groups in total. The highest BCUT2D eigenvalue weighted by molar-refractivity contribution is 9.10. The number of rotatable bonds is 3. The van der Waals surface area contributed by atoms with E-state index in [1.165, 1.54) is 0 Å². The van der Waals surface area contributed by atoms with Gasteiger partial charge in [0.05, 0.1) is 11.3 Å². The first-order valence-corrected chi connectivity index (χ1v) is 10.6. The van der Waals surface area contributed by atoms with Crippen molar-refractivity contribution in [2.45, 2.75) is 25.7 Å². The predicted molar refractivity (Wildman–Crippen MR) is 120 cm³/mol. The summed E-state index contributed by atoms with van der Waals surface area (Å²) in [7, 11) is 0. The van der Waals surface area contributed by atoms with Crippen molar-refractivity contribution in [3.05, 3.63) is 86.3 Å². The van der Waals surface area contributed by atoms with Gasteiger partial charge in [0.15, 0.2) is 5.78 Å². The van der Waals surface area contributed by atoms with Crippen LogP contribution in [0, 0.1) is 0 Å². The largest absolute Gasteiger partial charge is 0.350 e. The predicted octanol–water partition coefficient (Wildman–Crippen LogP) is 5.96. The summed E-state index contributed by atoms with van der Waals surface area (Å²) >= 11 is 3.43. The molecule has 0 saturated heterocycles. The highest BCUT2D eigenvalue weighted by Crippen LogP contribution is 2.36. The summed E-state index contributed by atoms with van der Waals surface area (Å²) in [5.41, 5.74) is 4.11. The second-order valence-electron chi connectivity index (χ2n) is 7.44. The number of carbonyl (C=O) groups is 1. The maximum Gasteiger partial charge on any atom is 0.272 e. The summed E-state index contributed by atoms with van der Waals surface area (Å²) in [6, 6.07) is 15.0. The Hall–Kier alpha value is -2.92. The van der Waals surface area contributed by atoms with Crippen LogP contribution in [-0.4, -0.2) is 15.8 Å². The zero-order valence-electron chi connectivity index (χ0n) is 15.7. The number of hydrogen-bond acceptors (Lipinski definition) is 2. The summed E-state index contributed by atoms with van der Waals surface area (Å²) in [5, 5.41) is 1.58. The van der Waals surface area contributed by atoms with E-state index >= 15 is 0 Å². The first-order valence-electron chi connectivity index (χ1n) is 9.80. The van der Waals surface area contributed by atoms with Crippen LogP contribution < -0.4 is 5.56 Å². The third kappa shape index (κ3) is 3.06. The highest BCUT2D eigenvalue weighted by atomic mass is 79.9. The Balaban J connectivity index is 1.87. The average molecular weight is 447 g/mol. The van der Waals surface area contributed by atoms with Crippen LogP contribution in [-0.2, 0) is 0 Å². The van der Waals surface area contributed by atoms with Gasteiger partial charge in [0.25, 0.3) is 5.56 Å². The van der Waals surface area contributed by atoms with Crippen molar-refractivity contribution in [2.75, 3.05) is 0 Å². The van der Waals surface area contributed by atoms with Crippen LogP contribution in [0.15, 0.2) is 63.9 Å². The maximum atomic E-state index is 13.7. The lowest BCUT2D eigenvalue weighted by molar-refractivity contribution is 0.104. The van der Waals surface area contributed by atoms with E-state index in [1.54, 1.807) is 0 Å². The summed E-state index contributed by atoms with van der Waals surface area (Å²) < 4.78 is 0.921. The molecule has 0 unspecified atom stereocenters. The van der Waals surface area contributed by atoms with E-state index in [0.717, 1.165) is 52.3 Å². The molecule has 0 saturated carbocycles. The van der Waals surface area contributed by atoms with Gasteiger partial charge in [-0.2, -0.15) is 0 Å². The molecule has 5 rings (SSSR count). The number of hydrogen-bond donors (Lipinski definition) is 2. The third-order valence-electron chi connectivity index (χ3n) is 5.62. The van der Waals surface area contributed by atoms with E-state index in [2.05, 4.69) is 32.0 Å². The van der Waals surface area contributed by atoms with E-state index in [0.29, 0.717) is 22.0 Å². The number of aromatic nitrogens is 2. The number of nitrogens with one attached hydrogen (secondary N) is 2. The fraction of sp³-hybridized carbons (Fsp3) is 0.167. The molecule has 0 atom stereocenters. The van der Waals surface area contributed by atoms with E-state index in [-0.39, 0.29) is 11.3 Å². The number of ketones is 1. The highest BCUT2D eigenvalue weighted by Gasteiger charge is 2.25. The Kier molecular flexibility index (Phi) is 4.47. The topological polar surface area (TPSA) is 65.7 Å². The normalized spacial score (nSPS) is 14.3. The van der Waals surface area contributed by atoms with Crippen molar-refractivity contribution < 1.29 is 4.79 Å². The molecule has 5 heteroatoms. The molecule has 144 valence electrons. The van der Waals surface area contributed by atoms with Gasteiger partial charge in [0, 0.05) is 26.3 Å². The summed E-state index contributed by atoms with van der Waals surface area (Å²) in [5.74, 6) is -0.0685. The van der Waals surface area contributed by atoms with Crippen LogP contribution in [0.3, 0.4) is 0 Å². The van der Waals surface area contributed by atoms with Gasteiger partial charge in [-0.1, -0.05) is 40.2 Å². The van der Waals surface area contributed by atoms with Gasteiger partial charge >= 0.3 is 0 Å². The molecule has 0 fully saturated rings. The number of fused-ring (bicyclic) bond motifs is 3. The maximum absolute atomic E-state index is 13.7. The standard InChI is InChI=1S/C24H19BrN2O2/c25-16-12-10-15(11-13-16)23(28)20-19-17-8-4-5-9-18(17)26-24(29)22(19)27-21(20)14-6-2-1-3-7-14/h4-6,8-13,27H,1-3,7H2,(H,26,29). The molecule has 29 heavy (non-hydrogen) atoms. The number of pyridine rings is 1. The molecule has 1 aliphatic carbocycles. The molecule has 2 aromatic carbocycles. The van der Waals surface area contributed by atoms with Crippen molar-refractivity contribution in [2.24, 2.45) is 0 Å². The number of aromatic amines is 2. The quantitative estimate of drug-likeness (QED) is 0.381. The van der Waals surface area contributed by atoms with Crippen molar-refractivity contribution in [3.8, 4) is 0 Å². The molecule has 1 aliphatic rings. The summed E-state index contributed by atoms with van der Waals surface area (Å²) in [4.78, 5) is 32.8. The smallest absolute Gasteiger partial charge is 0.272 e. The third-order valence-corrected chi connectivity index (χ3v) is 6.15. The minimum absolute atomic E-state index is 0.0685. The van der Waals surface area contributed by atoms with E-state index in [1.807, 2.05) is 48.5 Å². The second-order valence-corrected chi connectivity index (χ2v) is 8.35. The van der Waals surface area contributed by atoms with Crippen LogP contribution in [0.5, 0.6) is 0 Å². The Labute approximate surface area is 175 Å². The lowest BCUT2D eigenvalue weighted by Gasteiger charge is -2.13. The summed E-state index contributed by atoms with van der Waals surface area (Å²) in [6.07, 6.45) is 6.34.